The Hall–Kier alpha value is -1.98. The maximum absolute atomic E-state index is 10.5. The van der Waals surface area contributed by atoms with E-state index >= 15 is 0 Å². The van der Waals surface area contributed by atoms with Gasteiger partial charge in [0, 0.05) is 12.2 Å². The molecule has 2 heterocycles. The third kappa shape index (κ3) is 2.96. The van der Waals surface area contributed by atoms with Gasteiger partial charge in [0.05, 0.1) is 11.3 Å². The second-order valence-corrected chi connectivity index (χ2v) is 5.70. The molecule has 2 aromatic rings. The molecule has 114 valence electrons. The molecule has 0 amide bonds. The Morgan fingerprint density at radius 2 is 2.14 bits per heavy atom. The van der Waals surface area contributed by atoms with E-state index in [0.717, 1.165) is 12.8 Å². The van der Waals surface area contributed by atoms with Crippen molar-refractivity contribution in [3.05, 3.63) is 53.7 Å². The summed E-state index contributed by atoms with van der Waals surface area (Å²) in [6.07, 6.45) is 5.51. The predicted octanol–water partition coefficient (Wildman–Crippen LogP) is 3.24. The summed E-state index contributed by atoms with van der Waals surface area (Å²) in [5.41, 5.74) is 1.50. The number of hydrogen-bond acceptors (Lipinski definition) is 5. The van der Waals surface area contributed by atoms with Crippen molar-refractivity contribution in [1.82, 2.24) is 15.0 Å². The molecule has 1 aliphatic carbocycles. The molecule has 2 N–H and O–H groups in total. The fourth-order valence-corrected chi connectivity index (χ4v) is 2.61. The van der Waals surface area contributed by atoms with E-state index < -0.39 is 6.10 Å². The van der Waals surface area contributed by atoms with E-state index in [1.165, 1.54) is 12.7 Å². The first-order valence-electron chi connectivity index (χ1n) is 7.22. The maximum Gasteiger partial charge on any atom is 0.142 e. The average molecular weight is 317 g/mol. The van der Waals surface area contributed by atoms with E-state index in [4.69, 9.17) is 11.6 Å². The van der Waals surface area contributed by atoms with Crippen LogP contribution in [0.15, 0.2) is 37.3 Å². The minimum absolute atomic E-state index is 0.275. The Kier molecular flexibility index (Phi) is 4.36. The molecule has 0 aliphatic heterocycles. The van der Waals surface area contributed by atoms with Crippen LogP contribution in [0.2, 0.25) is 5.15 Å². The molecule has 0 bridgehead atoms. The van der Waals surface area contributed by atoms with E-state index in [9.17, 15) is 5.11 Å². The van der Waals surface area contributed by atoms with Gasteiger partial charge in [-0.2, -0.15) is 0 Å². The van der Waals surface area contributed by atoms with Gasteiger partial charge in [-0.15, -0.1) is 0 Å². The summed E-state index contributed by atoms with van der Waals surface area (Å²) < 4.78 is 0. The summed E-state index contributed by atoms with van der Waals surface area (Å²) in [6.45, 7) is 3.98. The van der Waals surface area contributed by atoms with Crippen molar-refractivity contribution in [3.8, 4) is 0 Å². The van der Waals surface area contributed by atoms with Gasteiger partial charge in [-0.25, -0.2) is 9.97 Å². The summed E-state index contributed by atoms with van der Waals surface area (Å²) in [4.78, 5) is 12.4. The van der Waals surface area contributed by atoms with Crippen LogP contribution in [-0.4, -0.2) is 26.1 Å². The van der Waals surface area contributed by atoms with Gasteiger partial charge in [0.1, 0.15) is 23.4 Å². The SMILES string of the molecule is C=C(c1c(Cl)ncnc1NC1CCC1)C(O)c1ccccn1. The van der Waals surface area contributed by atoms with Crippen LogP contribution in [0.25, 0.3) is 5.57 Å². The van der Waals surface area contributed by atoms with Crippen LogP contribution >= 0.6 is 11.6 Å². The third-order valence-electron chi connectivity index (χ3n) is 3.87. The zero-order valence-electron chi connectivity index (χ0n) is 12.0. The largest absolute Gasteiger partial charge is 0.382 e. The van der Waals surface area contributed by atoms with Gasteiger partial charge >= 0.3 is 0 Å². The zero-order chi connectivity index (χ0) is 15.5. The molecule has 22 heavy (non-hydrogen) atoms. The Bertz CT molecular complexity index is 673. The van der Waals surface area contributed by atoms with Crippen molar-refractivity contribution < 1.29 is 5.11 Å². The van der Waals surface area contributed by atoms with E-state index in [2.05, 4.69) is 26.8 Å². The molecular formula is C16H17ClN4O. The molecule has 1 unspecified atom stereocenters. The summed E-state index contributed by atoms with van der Waals surface area (Å²) in [6, 6.07) is 5.74. The molecule has 0 radical (unpaired) electrons. The Balaban J connectivity index is 1.90. The first-order valence-corrected chi connectivity index (χ1v) is 7.60. The lowest BCUT2D eigenvalue weighted by molar-refractivity contribution is 0.233. The quantitative estimate of drug-likeness (QED) is 0.829. The van der Waals surface area contributed by atoms with Crippen molar-refractivity contribution in [2.45, 2.75) is 31.4 Å². The number of aromatic nitrogens is 3. The molecule has 0 aromatic carbocycles. The van der Waals surface area contributed by atoms with Crippen LogP contribution in [0, 0.1) is 0 Å². The highest BCUT2D eigenvalue weighted by Crippen LogP contribution is 2.36. The molecule has 2 aromatic heterocycles. The normalized spacial score (nSPS) is 15.9. The lowest BCUT2D eigenvalue weighted by Gasteiger charge is -2.28. The summed E-state index contributed by atoms with van der Waals surface area (Å²) in [5, 5.41) is 14.1. The first kappa shape index (κ1) is 14.9. The van der Waals surface area contributed by atoms with Gasteiger partial charge in [-0.3, -0.25) is 4.98 Å². The highest BCUT2D eigenvalue weighted by molar-refractivity contribution is 6.31. The summed E-state index contributed by atoms with van der Waals surface area (Å²) >= 11 is 6.22. The molecule has 3 rings (SSSR count). The second-order valence-electron chi connectivity index (χ2n) is 5.34. The molecular weight excluding hydrogens is 300 g/mol. The van der Waals surface area contributed by atoms with Crippen LogP contribution < -0.4 is 5.32 Å². The minimum atomic E-state index is -0.952. The number of rotatable bonds is 5. The van der Waals surface area contributed by atoms with Crippen LogP contribution in [0.5, 0.6) is 0 Å². The molecule has 0 spiro atoms. The van der Waals surface area contributed by atoms with Crippen LogP contribution in [0.1, 0.15) is 36.6 Å². The number of aliphatic hydroxyl groups excluding tert-OH is 1. The lowest BCUT2D eigenvalue weighted by Crippen LogP contribution is -2.28. The number of pyridine rings is 1. The topological polar surface area (TPSA) is 70.9 Å². The van der Waals surface area contributed by atoms with Crippen LogP contribution in [0.4, 0.5) is 5.82 Å². The summed E-state index contributed by atoms with van der Waals surface area (Å²) in [5.74, 6) is 0.615. The molecule has 1 fully saturated rings. The van der Waals surface area contributed by atoms with Gasteiger partial charge in [0.2, 0.25) is 0 Å². The maximum atomic E-state index is 10.5. The average Bonchev–Trinajstić information content (AvgIpc) is 2.50. The van der Waals surface area contributed by atoms with Crippen LogP contribution in [0.3, 0.4) is 0 Å². The van der Waals surface area contributed by atoms with Crippen molar-refractivity contribution >= 4 is 23.0 Å². The van der Waals surface area contributed by atoms with Crippen molar-refractivity contribution in [3.63, 3.8) is 0 Å². The van der Waals surface area contributed by atoms with Gasteiger partial charge in [0.15, 0.2) is 0 Å². The smallest absolute Gasteiger partial charge is 0.142 e. The highest BCUT2D eigenvalue weighted by atomic mass is 35.5. The number of nitrogens with one attached hydrogen (secondary N) is 1. The number of hydrogen-bond donors (Lipinski definition) is 2. The number of aliphatic hydroxyl groups is 1. The highest BCUT2D eigenvalue weighted by Gasteiger charge is 2.24. The Morgan fingerprint density at radius 1 is 1.32 bits per heavy atom. The van der Waals surface area contributed by atoms with Crippen molar-refractivity contribution in [2.24, 2.45) is 0 Å². The van der Waals surface area contributed by atoms with Gasteiger partial charge in [-0.05, 0) is 37.0 Å². The van der Waals surface area contributed by atoms with Crippen molar-refractivity contribution in [2.75, 3.05) is 5.32 Å². The van der Waals surface area contributed by atoms with E-state index in [1.807, 2.05) is 6.07 Å². The Labute approximate surface area is 134 Å². The van der Waals surface area contributed by atoms with Gasteiger partial charge < -0.3 is 10.4 Å². The molecule has 5 nitrogen and oxygen atoms in total. The monoisotopic (exact) mass is 316 g/mol. The number of anilines is 1. The second kappa shape index (κ2) is 6.42. The third-order valence-corrected chi connectivity index (χ3v) is 4.15. The fourth-order valence-electron chi connectivity index (χ4n) is 2.36. The van der Waals surface area contributed by atoms with E-state index in [0.29, 0.717) is 28.7 Å². The van der Waals surface area contributed by atoms with Crippen molar-refractivity contribution in [1.29, 1.82) is 0 Å². The molecule has 0 saturated heterocycles. The molecule has 6 heteroatoms. The predicted molar refractivity (Wildman–Crippen MR) is 86.5 cm³/mol. The zero-order valence-corrected chi connectivity index (χ0v) is 12.8. The number of halogens is 1. The minimum Gasteiger partial charge on any atom is -0.382 e. The van der Waals surface area contributed by atoms with E-state index in [-0.39, 0.29) is 5.15 Å². The van der Waals surface area contributed by atoms with E-state index in [1.54, 1.807) is 18.3 Å². The summed E-state index contributed by atoms with van der Waals surface area (Å²) in [7, 11) is 0. The molecule has 1 saturated carbocycles. The van der Waals surface area contributed by atoms with Gasteiger partial charge in [0.25, 0.3) is 0 Å². The van der Waals surface area contributed by atoms with Gasteiger partial charge in [-0.1, -0.05) is 24.2 Å². The standard InChI is InChI=1S/C16H17ClN4O/c1-10(14(22)12-7-2-3-8-18-12)13-15(17)19-9-20-16(13)21-11-5-4-6-11/h2-3,7-9,11,14,22H,1,4-6H2,(H,19,20,21). The molecule has 1 atom stereocenters. The lowest BCUT2D eigenvalue weighted by atomic mass is 9.92. The van der Waals surface area contributed by atoms with Crippen LogP contribution in [-0.2, 0) is 0 Å². The fraction of sp³-hybridized carbons (Fsp3) is 0.312. The Morgan fingerprint density at radius 3 is 2.77 bits per heavy atom. The first-order chi connectivity index (χ1) is 10.7. The molecule has 1 aliphatic rings. The number of nitrogens with zero attached hydrogens (tertiary/aromatic N) is 3.